The zero-order valence-corrected chi connectivity index (χ0v) is 20.1. The number of nitrogens with one attached hydrogen (secondary N) is 2. The van der Waals surface area contributed by atoms with Crippen molar-refractivity contribution in [3.8, 4) is 11.1 Å². The van der Waals surface area contributed by atoms with Crippen LogP contribution in [-0.2, 0) is 16.0 Å². The molecule has 0 spiro atoms. The van der Waals surface area contributed by atoms with Gasteiger partial charge in [0.05, 0.1) is 19.0 Å². The predicted molar refractivity (Wildman–Crippen MR) is 132 cm³/mol. The van der Waals surface area contributed by atoms with Crippen molar-refractivity contribution in [2.24, 2.45) is 0 Å². The first kappa shape index (κ1) is 25.0. The van der Waals surface area contributed by atoms with Gasteiger partial charge in [0.15, 0.2) is 5.69 Å². The number of rotatable bonds is 9. The molecular formula is C26H23ClFN5O3. The molecule has 0 saturated heterocycles. The summed E-state index contributed by atoms with van der Waals surface area (Å²) >= 11 is 6.03. The number of hydrogen-bond acceptors (Lipinski definition) is 6. The van der Waals surface area contributed by atoms with Gasteiger partial charge in [-0.05, 0) is 54.3 Å². The van der Waals surface area contributed by atoms with Crippen molar-refractivity contribution in [2.45, 2.75) is 24.8 Å². The molecule has 2 aromatic heterocycles. The third kappa shape index (κ3) is 6.11. The molecule has 0 aliphatic rings. The zero-order valence-electron chi connectivity index (χ0n) is 19.3. The zero-order chi connectivity index (χ0) is 25.5. The Morgan fingerprint density at radius 1 is 1.14 bits per heavy atom. The number of esters is 1. The van der Waals surface area contributed by atoms with Gasteiger partial charge in [0.25, 0.3) is 5.91 Å². The van der Waals surface area contributed by atoms with E-state index in [1.807, 2.05) is 12.1 Å². The Balaban J connectivity index is 1.59. The summed E-state index contributed by atoms with van der Waals surface area (Å²) in [4.78, 5) is 29.7. The van der Waals surface area contributed by atoms with Crippen molar-refractivity contribution >= 4 is 23.5 Å². The van der Waals surface area contributed by atoms with E-state index in [4.69, 9.17) is 16.3 Å². The maximum atomic E-state index is 14.3. The molecule has 0 bridgehead atoms. The highest BCUT2D eigenvalue weighted by atomic mass is 35.5. The highest BCUT2D eigenvalue weighted by Crippen LogP contribution is 2.27. The highest BCUT2D eigenvalue weighted by Gasteiger charge is 2.28. The number of carbonyl (C=O) groups is 2. The Bertz CT molecular complexity index is 1320. The number of nitrogens with zero attached hydrogens (tertiary/aromatic N) is 3. The van der Waals surface area contributed by atoms with Crippen LogP contribution in [0, 0.1) is 5.82 Å². The minimum absolute atomic E-state index is 0.124. The quantitative estimate of drug-likeness (QED) is 0.326. The van der Waals surface area contributed by atoms with Gasteiger partial charge in [0.2, 0.25) is 0 Å². The number of pyridine rings is 1. The molecule has 4 aromatic rings. The third-order valence-corrected chi connectivity index (χ3v) is 5.94. The molecule has 2 N–H and O–H groups in total. The van der Waals surface area contributed by atoms with Crippen molar-refractivity contribution in [2.75, 3.05) is 7.11 Å². The number of carbonyl (C=O) groups excluding carboxylic acids is 2. The molecule has 2 aromatic carbocycles. The average molecular weight is 508 g/mol. The van der Waals surface area contributed by atoms with E-state index >= 15 is 0 Å². The maximum absolute atomic E-state index is 14.3. The second-order valence-electron chi connectivity index (χ2n) is 8.12. The molecule has 4 rings (SSSR count). The van der Waals surface area contributed by atoms with E-state index in [1.165, 1.54) is 25.4 Å². The lowest BCUT2D eigenvalue weighted by molar-refractivity contribution is -0.142. The van der Waals surface area contributed by atoms with Gasteiger partial charge in [0.1, 0.15) is 11.7 Å². The topological polar surface area (TPSA) is 110 Å². The molecule has 8 nitrogen and oxygen atoms in total. The minimum atomic E-state index is -0.696. The van der Waals surface area contributed by atoms with Gasteiger partial charge >= 0.3 is 5.97 Å². The van der Waals surface area contributed by atoms with Gasteiger partial charge in [-0.1, -0.05) is 41.9 Å². The van der Waals surface area contributed by atoms with Crippen LogP contribution in [0.3, 0.4) is 0 Å². The molecule has 1 unspecified atom stereocenters. The number of amides is 1. The Hall–Kier alpha value is -4.11. The molecule has 0 fully saturated rings. The highest BCUT2D eigenvalue weighted by molar-refractivity contribution is 6.30. The number of hydrogen-bond donors (Lipinski definition) is 2. The molecule has 36 heavy (non-hydrogen) atoms. The number of halogens is 2. The fraction of sp³-hybridized carbons (Fsp3) is 0.192. The van der Waals surface area contributed by atoms with Gasteiger partial charge in [-0.25, -0.2) is 4.39 Å². The van der Waals surface area contributed by atoms with E-state index in [9.17, 15) is 14.0 Å². The first-order chi connectivity index (χ1) is 17.4. The van der Waals surface area contributed by atoms with Crippen LogP contribution in [0.15, 0.2) is 73.1 Å². The smallest absolute Gasteiger partial charge is 0.314 e. The standard InChI is InChI=1S/C26H23ClFN5O3/c1-36-26(35)21(23-4-2-3-11-29-23)14-19(31-25(34)24-15-30-33-32-24)12-16-5-7-17(8-6-16)20-13-18(27)9-10-22(20)28/h2-11,13,15,19,21H,12,14H2,1H3,(H,31,34)(H,30,32,33)/t19-,21?/m1/s1. The summed E-state index contributed by atoms with van der Waals surface area (Å²) in [5.74, 6) is -1.96. The largest absolute Gasteiger partial charge is 0.469 e. The molecule has 1 amide bonds. The normalized spacial score (nSPS) is 12.5. The van der Waals surface area contributed by atoms with Gasteiger partial charge < -0.3 is 10.1 Å². The van der Waals surface area contributed by atoms with Crippen molar-refractivity contribution in [1.29, 1.82) is 0 Å². The number of ether oxygens (including phenoxy) is 1. The number of aromatic amines is 1. The molecule has 0 saturated carbocycles. The molecule has 10 heteroatoms. The summed E-state index contributed by atoms with van der Waals surface area (Å²) in [7, 11) is 1.31. The number of benzene rings is 2. The fourth-order valence-corrected chi connectivity index (χ4v) is 4.11. The molecule has 2 heterocycles. The van der Waals surface area contributed by atoms with Crippen LogP contribution in [0.2, 0.25) is 5.02 Å². The monoisotopic (exact) mass is 507 g/mol. The van der Waals surface area contributed by atoms with Crippen LogP contribution in [0.1, 0.15) is 34.1 Å². The summed E-state index contributed by atoms with van der Waals surface area (Å²) < 4.78 is 19.3. The summed E-state index contributed by atoms with van der Waals surface area (Å²) in [5, 5.41) is 13.3. The summed E-state index contributed by atoms with van der Waals surface area (Å²) in [6, 6.07) is 16.5. The minimum Gasteiger partial charge on any atom is -0.469 e. The first-order valence-electron chi connectivity index (χ1n) is 11.1. The Morgan fingerprint density at radius 2 is 1.94 bits per heavy atom. The number of methoxy groups -OCH3 is 1. The Labute approximate surface area is 211 Å². The van der Waals surface area contributed by atoms with Gasteiger partial charge in [-0.2, -0.15) is 15.4 Å². The van der Waals surface area contributed by atoms with Crippen LogP contribution in [0.5, 0.6) is 0 Å². The fourth-order valence-electron chi connectivity index (χ4n) is 3.93. The van der Waals surface area contributed by atoms with Crippen molar-refractivity contribution < 1.29 is 18.7 Å². The van der Waals surface area contributed by atoms with Gasteiger partial charge in [-0.15, -0.1) is 0 Å². The van der Waals surface area contributed by atoms with E-state index in [1.54, 1.807) is 42.6 Å². The van der Waals surface area contributed by atoms with Crippen molar-refractivity contribution in [3.05, 3.63) is 101 Å². The van der Waals surface area contributed by atoms with E-state index in [0.29, 0.717) is 28.3 Å². The molecule has 2 atom stereocenters. The van der Waals surface area contributed by atoms with Crippen molar-refractivity contribution in [1.82, 2.24) is 25.7 Å². The lowest BCUT2D eigenvalue weighted by Crippen LogP contribution is -2.39. The first-order valence-corrected chi connectivity index (χ1v) is 11.5. The molecule has 0 aliphatic heterocycles. The maximum Gasteiger partial charge on any atom is 0.314 e. The van der Waals surface area contributed by atoms with Gasteiger partial charge in [0, 0.05) is 22.8 Å². The summed E-state index contributed by atoms with van der Waals surface area (Å²) in [6.07, 6.45) is 3.54. The summed E-state index contributed by atoms with van der Waals surface area (Å²) in [6.45, 7) is 0. The van der Waals surface area contributed by atoms with E-state index < -0.39 is 23.8 Å². The molecular weight excluding hydrogens is 485 g/mol. The van der Waals surface area contributed by atoms with Crippen LogP contribution in [0.4, 0.5) is 4.39 Å². The van der Waals surface area contributed by atoms with Gasteiger partial charge in [-0.3, -0.25) is 14.6 Å². The molecule has 0 aliphatic carbocycles. The molecule has 184 valence electrons. The Morgan fingerprint density at radius 3 is 2.61 bits per heavy atom. The Kier molecular flexibility index (Phi) is 8.02. The SMILES string of the molecule is COC(=O)C(C[C@@H](Cc1ccc(-c2cc(Cl)ccc2F)cc1)NC(=O)c1cn[nH]n1)c1ccccn1. The average Bonchev–Trinajstić information content (AvgIpc) is 3.44. The van der Waals surface area contributed by atoms with E-state index in [-0.39, 0.29) is 17.9 Å². The van der Waals surface area contributed by atoms with Crippen LogP contribution in [0.25, 0.3) is 11.1 Å². The number of aromatic nitrogens is 4. The van der Waals surface area contributed by atoms with E-state index in [0.717, 1.165) is 5.56 Å². The van der Waals surface area contributed by atoms with Crippen LogP contribution < -0.4 is 5.32 Å². The predicted octanol–water partition coefficient (Wildman–Crippen LogP) is 4.35. The van der Waals surface area contributed by atoms with Crippen molar-refractivity contribution in [3.63, 3.8) is 0 Å². The third-order valence-electron chi connectivity index (χ3n) is 5.71. The van der Waals surface area contributed by atoms with Crippen LogP contribution >= 0.6 is 11.6 Å². The second-order valence-corrected chi connectivity index (χ2v) is 8.55. The lowest BCUT2D eigenvalue weighted by atomic mass is 9.91. The van der Waals surface area contributed by atoms with E-state index in [2.05, 4.69) is 25.7 Å². The lowest BCUT2D eigenvalue weighted by Gasteiger charge is -2.23. The summed E-state index contributed by atoms with van der Waals surface area (Å²) in [5.41, 5.74) is 2.60. The number of H-pyrrole nitrogens is 1. The van der Waals surface area contributed by atoms with Crippen LogP contribution in [-0.4, -0.2) is 45.4 Å². The second kappa shape index (κ2) is 11.5. The molecule has 0 radical (unpaired) electrons.